The molecule has 0 atom stereocenters. The van der Waals surface area contributed by atoms with Crippen LogP contribution in [-0.2, 0) is 0 Å². The lowest BCUT2D eigenvalue weighted by Crippen LogP contribution is -1.80. The van der Waals surface area contributed by atoms with Crippen LogP contribution in [0.5, 0.6) is 0 Å². The molecule has 0 aromatic carbocycles. The van der Waals surface area contributed by atoms with Crippen LogP contribution in [0.1, 0.15) is 0 Å². The van der Waals surface area contributed by atoms with Crippen molar-refractivity contribution >= 4 is 23.8 Å². The Kier molecular flexibility index (Phi) is 3.00. The Balaban J connectivity index is 2.62. The van der Waals surface area contributed by atoms with E-state index in [1.165, 1.54) is 0 Å². The van der Waals surface area contributed by atoms with Crippen LogP contribution in [0.25, 0.3) is 0 Å². The van der Waals surface area contributed by atoms with Crippen LogP contribution in [-0.4, -0.2) is 24.1 Å². The molecule has 10 heavy (non-hydrogen) atoms. The predicted octanol–water partition coefficient (Wildman–Crippen LogP) is 1.50. The molecule has 2 nitrogen and oxygen atoms in total. The SMILES string of the molecule is CSCC1=CN=C=CC=N1. The summed E-state index contributed by atoms with van der Waals surface area (Å²) in [6.45, 7) is 0. The first kappa shape index (κ1) is 7.32. The number of hydrogen-bond donors (Lipinski definition) is 0. The molecule has 0 unspecified atom stereocenters. The van der Waals surface area contributed by atoms with E-state index in [9.17, 15) is 0 Å². The van der Waals surface area contributed by atoms with Gasteiger partial charge in [0.15, 0.2) is 0 Å². The first-order valence-electron chi connectivity index (χ1n) is 2.92. The van der Waals surface area contributed by atoms with Gasteiger partial charge in [0.2, 0.25) is 0 Å². The van der Waals surface area contributed by atoms with E-state index < -0.39 is 0 Å². The number of thioether (sulfide) groups is 1. The van der Waals surface area contributed by atoms with E-state index in [4.69, 9.17) is 0 Å². The third kappa shape index (κ3) is 2.21. The molecule has 0 N–H and O–H groups in total. The summed E-state index contributed by atoms with van der Waals surface area (Å²) in [5.74, 6) is 3.61. The summed E-state index contributed by atoms with van der Waals surface area (Å²) in [6.07, 6.45) is 7.18. The maximum atomic E-state index is 4.12. The molecule has 1 aliphatic heterocycles. The van der Waals surface area contributed by atoms with Gasteiger partial charge in [0.25, 0.3) is 0 Å². The Hall–Kier alpha value is -0.790. The molecule has 1 aliphatic rings. The van der Waals surface area contributed by atoms with Crippen LogP contribution in [0.3, 0.4) is 0 Å². The van der Waals surface area contributed by atoms with E-state index in [2.05, 4.69) is 15.9 Å². The maximum absolute atomic E-state index is 4.12. The lowest BCUT2D eigenvalue weighted by Gasteiger charge is -1.92. The highest BCUT2D eigenvalue weighted by Crippen LogP contribution is 2.05. The predicted molar refractivity (Wildman–Crippen MR) is 47.0 cm³/mol. The van der Waals surface area contributed by atoms with Gasteiger partial charge in [0.05, 0.1) is 11.9 Å². The topological polar surface area (TPSA) is 24.7 Å². The van der Waals surface area contributed by atoms with E-state index in [0.29, 0.717) is 0 Å². The number of nitrogens with zero attached hydrogens (tertiary/aromatic N) is 2. The first-order valence-corrected chi connectivity index (χ1v) is 4.32. The van der Waals surface area contributed by atoms with Gasteiger partial charge in [-0.15, -0.1) is 0 Å². The molecule has 0 fully saturated rings. The summed E-state index contributed by atoms with van der Waals surface area (Å²) in [5, 5.41) is 0. The Labute approximate surface area is 64.5 Å². The van der Waals surface area contributed by atoms with Gasteiger partial charge >= 0.3 is 0 Å². The molecule has 0 spiro atoms. The van der Waals surface area contributed by atoms with Crippen molar-refractivity contribution in [3.05, 3.63) is 18.0 Å². The molecule has 1 heterocycles. The fourth-order valence-electron chi connectivity index (χ4n) is 0.577. The van der Waals surface area contributed by atoms with E-state index in [1.807, 2.05) is 6.26 Å². The summed E-state index contributed by atoms with van der Waals surface area (Å²) >= 11 is 1.73. The van der Waals surface area contributed by atoms with Gasteiger partial charge in [-0.2, -0.15) is 11.8 Å². The summed E-state index contributed by atoms with van der Waals surface area (Å²) in [7, 11) is 0. The van der Waals surface area contributed by atoms with Gasteiger partial charge in [0, 0.05) is 18.0 Å². The van der Waals surface area contributed by atoms with Gasteiger partial charge in [-0.25, -0.2) is 4.99 Å². The lowest BCUT2D eigenvalue weighted by atomic mass is 10.5. The normalized spacial score (nSPS) is 15.1. The highest BCUT2D eigenvalue weighted by Gasteiger charge is 1.90. The van der Waals surface area contributed by atoms with E-state index in [1.54, 1.807) is 30.3 Å². The molecule has 0 radical (unpaired) electrons. The molecule has 0 bridgehead atoms. The highest BCUT2D eigenvalue weighted by atomic mass is 32.2. The zero-order valence-corrected chi connectivity index (χ0v) is 6.56. The van der Waals surface area contributed by atoms with Crippen LogP contribution < -0.4 is 0 Å². The largest absolute Gasteiger partial charge is 0.258 e. The number of rotatable bonds is 2. The summed E-state index contributed by atoms with van der Waals surface area (Å²) in [6, 6.07) is 0. The molecule has 52 valence electrons. The van der Waals surface area contributed by atoms with Gasteiger partial charge < -0.3 is 0 Å². The second-order valence-corrected chi connectivity index (χ2v) is 2.62. The molecule has 0 saturated carbocycles. The van der Waals surface area contributed by atoms with Gasteiger partial charge in [0.1, 0.15) is 0 Å². The minimum Gasteiger partial charge on any atom is -0.258 e. The quantitative estimate of drug-likeness (QED) is 0.588. The number of aliphatic imine (C=N–C) groups is 2. The molecular formula is C7H8N2S. The second-order valence-electron chi connectivity index (χ2n) is 1.76. The average Bonchev–Trinajstić information content (AvgIpc) is 2.17. The Morgan fingerprint density at radius 2 is 2.60 bits per heavy atom. The minimum atomic E-state index is 0.912. The Morgan fingerprint density at radius 3 is 3.40 bits per heavy atom. The number of allylic oxidation sites excluding steroid dienone is 1. The first-order chi connectivity index (χ1) is 4.93. The smallest absolute Gasteiger partial charge is 0.0693 e. The highest BCUT2D eigenvalue weighted by molar-refractivity contribution is 7.98. The third-order valence-electron chi connectivity index (χ3n) is 0.970. The fraction of sp³-hybridized carbons (Fsp3) is 0.286. The maximum Gasteiger partial charge on any atom is 0.0693 e. The van der Waals surface area contributed by atoms with E-state index in [0.717, 1.165) is 11.4 Å². The summed E-state index contributed by atoms with van der Waals surface area (Å²) in [5.41, 5.74) is 0.994. The van der Waals surface area contributed by atoms with Gasteiger partial charge in [-0.05, 0) is 12.1 Å². The molecule has 0 aromatic rings. The zero-order valence-electron chi connectivity index (χ0n) is 5.74. The molecule has 0 amide bonds. The molecule has 1 rings (SSSR count). The van der Waals surface area contributed by atoms with Crippen molar-refractivity contribution in [1.29, 1.82) is 0 Å². The van der Waals surface area contributed by atoms with Gasteiger partial charge in [-0.3, -0.25) is 4.99 Å². The van der Waals surface area contributed by atoms with Crippen molar-refractivity contribution in [3.63, 3.8) is 0 Å². The van der Waals surface area contributed by atoms with Crippen molar-refractivity contribution in [3.8, 4) is 0 Å². The molecule has 0 aromatic heterocycles. The van der Waals surface area contributed by atoms with Crippen LogP contribution in [0.15, 0.2) is 28.0 Å². The van der Waals surface area contributed by atoms with Crippen molar-refractivity contribution in [2.75, 3.05) is 12.0 Å². The standard InChI is InChI=1S/C7H8N2S/c1-10-6-7-5-8-3-2-4-9-7/h2,4-5H,6H2,1H3. The molecule has 0 saturated heterocycles. The van der Waals surface area contributed by atoms with Crippen LogP contribution in [0, 0.1) is 0 Å². The monoisotopic (exact) mass is 152 g/mol. The lowest BCUT2D eigenvalue weighted by molar-refractivity contribution is 1.30. The van der Waals surface area contributed by atoms with Crippen molar-refractivity contribution in [1.82, 2.24) is 0 Å². The fourth-order valence-corrected chi connectivity index (χ4v) is 1.02. The van der Waals surface area contributed by atoms with Crippen LogP contribution in [0.4, 0.5) is 0 Å². The van der Waals surface area contributed by atoms with Crippen molar-refractivity contribution in [2.24, 2.45) is 9.98 Å². The second kappa shape index (κ2) is 4.09. The number of hydrogen-bond acceptors (Lipinski definition) is 3. The molecule has 0 aliphatic carbocycles. The van der Waals surface area contributed by atoms with E-state index >= 15 is 0 Å². The van der Waals surface area contributed by atoms with Crippen LogP contribution in [0.2, 0.25) is 0 Å². The van der Waals surface area contributed by atoms with Crippen molar-refractivity contribution in [2.45, 2.75) is 0 Å². The molecular weight excluding hydrogens is 144 g/mol. The zero-order chi connectivity index (χ0) is 7.23. The average molecular weight is 152 g/mol. The minimum absolute atomic E-state index is 0.912. The summed E-state index contributed by atoms with van der Waals surface area (Å²) in [4.78, 5) is 7.98. The summed E-state index contributed by atoms with van der Waals surface area (Å²) < 4.78 is 0. The van der Waals surface area contributed by atoms with Crippen LogP contribution >= 0.6 is 11.8 Å². The third-order valence-corrected chi connectivity index (χ3v) is 1.55. The van der Waals surface area contributed by atoms with E-state index in [-0.39, 0.29) is 0 Å². The van der Waals surface area contributed by atoms with Crippen molar-refractivity contribution < 1.29 is 0 Å². The Bertz CT molecular complexity index is 222. The van der Waals surface area contributed by atoms with Gasteiger partial charge in [-0.1, -0.05) is 0 Å². The molecule has 3 heteroatoms. The Morgan fingerprint density at radius 1 is 1.70 bits per heavy atom.